The van der Waals surface area contributed by atoms with E-state index in [1.54, 1.807) is 0 Å². The number of esters is 1. The topological polar surface area (TPSA) is 34.5 Å². The molecule has 0 aliphatic carbocycles. The van der Waals surface area contributed by atoms with Crippen molar-refractivity contribution in [2.75, 3.05) is 26.7 Å². The van der Waals surface area contributed by atoms with Crippen LogP contribution in [0.5, 0.6) is 0 Å². The number of hydrogen-bond acceptors (Lipinski definition) is 3. The Labute approximate surface area is 222 Å². The first-order valence-corrected chi connectivity index (χ1v) is 12.9. The standard InChI is InChI=1S/C29H39ClN2O2.ClH/c1-6-8-18-31(5)19-16-29(3,4)17-20-32-26(22-12-10-9-11-13-22)25-21-23(30)14-15-24(25)27(32)28(33)34-7-2;/h9-15,21H,6-8,16-20H2,1-5H3;1H. The number of carbonyl (C=O) groups is 1. The third-order valence-electron chi connectivity index (χ3n) is 6.62. The van der Waals surface area contributed by atoms with Gasteiger partial charge in [-0.3, -0.25) is 0 Å². The maximum atomic E-state index is 13.2. The molecule has 0 radical (unpaired) electrons. The molecule has 6 heteroatoms. The molecule has 0 amide bonds. The van der Waals surface area contributed by atoms with E-state index in [9.17, 15) is 4.79 Å². The van der Waals surface area contributed by atoms with E-state index in [4.69, 9.17) is 16.3 Å². The van der Waals surface area contributed by atoms with Gasteiger partial charge in [-0.15, -0.1) is 12.4 Å². The summed E-state index contributed by atoms with van der Waals surface area (Å²) in [6, 6.07) is 16.0. The number of rotatable bonds is 12. The summed E-state index contributed by atoms with van der Waals surface area (Å²) in [6.07, 6.45) is 4.52. The van der Waals surface area contributed by atoms with E-state index in [1.165, 1.54) is 12.8 Å². The van der Waals surface area contributed by atoms with Crippen molar-refractivity contribution in [3.63, 3.8) is 0 Å². The molecule has 0 bridgehead atoms. The lowest BCUT2D eigenvalue weighted by Crippen LogP contribution is -2.27. The normalized spacial score (nSPS) is 11.6. The Bertz CT molecular complexity index is 1090. The zero-order valence-corrected chi connectivity index (χ0v) is 23.3. The van der Waals surface area contributed by atoms with Gasteiger partial charge < -0.3 is 14.2 Å². The third-order valence-corrected chi connectivity index (χ3v) is 6.86. The summed E-state index contributed by atoms with van der Waals surface area (Å²) in [5.74, 6) is -0.283. The fourth-order valence-electron chi connectivity index (χ4n) is 4.44. The van der Waals surface area contributed by atoms with Crippen LogP contribution in [0.2, 0.25) is 5.02 Å². The van der Waals surface area contributed by atoms with Gasteiger partial charge in [0.1, 0.15) is 5.69 Å². The summed E-state index contributed by atoms with van der Waals surface area (Å²) in [7, 11) is 2.21. The van der Waals surface area contributed by atoms with Gasteiger partial charge >= 0.3 is 5.97 Å². The van der Waals surface area contributed by atoms with Gasteiger partial charge in [0.05, 0.1) is 12.3 Å². The predicted octanol–water partition coefficient (Wildman–Crippen LogP) is 8.10. The molecular formula is C29H40Cl2N2O2. The summed E-state index contributed by atoms with van der Waals surface area (Å²) >= 11 is 6.41. The fourth-order valence-corrected chi connectivity index (χ4v) is 4.62. The first-order valence-electron chi connectivity index (χ1n) is 12.5. The van der Waals surface area contributed by atoms with Crippen molar-refractivity contribution in [1.29, 1.82) is 0 Å². The van der Waals surface area contributed by atoms with Crippen LogP contribution >= 0.6 is 24.0 Å². The van der Waals surface area contributed by atoms with E-state index >= 15 is 0 Å². The molecule has 0 unspecified atom stereocenters. The van der Waals surface area contributed by atoms with Crippen LogP contribution < -0.4 is 0 Å². The first-order chi connectivity index (χ1) is 16.3. The SMILES string of the molecule is CCCCN(C)CCC(C)(C)CCn1c(C(=O)OCC)c2ccc(Cl)cc2c1-c1ccccc1.Cl. The Hall–Kier alpha value is -2.01. The number of nitrogens with zero attached hydrogens (tertiary/aromatic N) is 2. The molecule has 2 aromatic carbocycles. The van der Waals surface area contributed by atoms with E-state index in [2.05, 4.69) is 49.4 Å². The van der Waals surface area contributed by atoms with Crippen LogP contribution in [0, 0.1) is 5.41 Å². The minimum Gasteiger partial charge on any atom is -0.461 e. The number of fused-ring (bicyclic) bond motifs is 1. The summed E-state index contributed by atoms with van der Waals surface area (Å²) in [5, 5.41) is 2.53. The van der Waals surface area contributed by atoms with Crippen LogP contribution in [0.3, 0.4) is 0 Å². The smallest absolute Gasteiger partial charge is 0.355 e. The minimum atomic E-state index is -0.283. The van der Waals surface area contributed by atoms with E-state index in [0.717, 1.165) is 54.5 Å². The molecule has 1 aromatic heterocycles. The Morgan fingerprint density at radius 3 is 2.40 bits per heavy atom. The lowest BCUT2D eigenvalue weighted by atomic mass is 9.85. The molecule has 3 aromatic rings. The quantitative estimate of drug-likeness (QED) is 0.227. The number of hydrogen-bond donors (Lipinski definition) is 0. The molecule has 35 heavy (non-hydrogen) atoms. The lowest BCUT2D eigenvalue weighted by molar-refractivity contribution is 0.0515. The molecule has 0 atom stereocenters. The summed E-state index contributed by atoms with van der Waals surface area (Å²) in [4.78, 5) is 15.6. The molecule has 0 spiro atoms. The Balaban J connectivity index is 0.00000432. The van der Waals surface area contributed by atoms with E-state index < -0.39 is 0 Å². The number of benzene rings is 2. The van der Waals surface area contributed by atoms with Gasteiger partial charge in [0.15, 0.2) is 0 Å². The molecule has 0 aliphatic heterocycles. The molecule has 1 heterocycles. The number of aromatic nitrogens is 1. The highest BCUT2D eigenvalue weighted by atomic mass is 35.5. The number of halogens is 2. The lowest BCUT2D eigenvalue weighted by Gasteiger charge is -2.28. The van der Waals surface area contributed by atoms with Crippen LogP contribution in [0.25, 0.3) is 22.0 Å². The highest BCUT2D eigenvalue weighted by Crippen LogP contribution is 2.38. The highest BCUT2D eigenvalue weighted by Gasteiger charge is 2.26. The van der Waals surface area contributed by atoms with Gasteiger partial charge in [-0.2, -0.15) is 0 Å². The molecule has 4 nitrogen and oxygen atoms in total. The first kappa shape index (κ1) is 29.2. The molecule has 0 saturated carbocycles. The molecule has 0 fully saturated rings. The van der Waals surface area contributed by atoms with Gasteiger partial charge in [0, 0.05) is 22.3 Å². The second-order valence-electron chi connectivity index (χ2n) is 9.95. The van der Waals surface area contributed by atoms with Crippen LogP contribution in [-0.2, 0) is 11.3 Å². The molecule has 0 N–H and O–H groups in total. The van der Waals surface area contributed by atoms with E-state index in [-0.39, 0.29) is 23.8 Å². The molecular weight excluding hydrogens is 479 g/mol. The van der Waals surface area contributed by atoms with Crippen molar-refractivity contribution >= 4 is 40.7 Å². The van der Waals surface area contributed by atoms with Gasteiger partial charge in [0.2, 0.25) is 0 Å². The van der Waals surface area contributed by atoms with Crippen molar-refractivity contribution in [3.8, 4) is 11.3 Å². The Morgan fingerprint density at radius 2 is 1.74 bits per heavy atom. The zero-order valence-electron chi connectivity index (χ0n) is 21.8. The van der Waals surface area contributed by atoms with Gasteiger partial charge in [-0.25, -0.2) is 4.79 Å². The van der Waals surface area contributed by atoms with Crippen molar-refractivity contribution in [2.24, 2.45) is 5.41 Å². The maximum Gasteiger partial charge on any atom is 0.355 e. The third kappa shape index (κ3) is 7.49. The van der Waals surface area contributed by atoms with E-state index in [0.29, 0.717) is 17.3 Å². The van der Waals surface area contributed by atoms with Crippen molar-refractivity contribution in [3.05, 3.63) is 59.2 Å². The second kappa shape index (κ2) is 13.3. The van der Waals surface area contributed by atoms with Crippen molar-refractivity contribution < 1.29 is 9.53 Å². The van der Waals surface area contributed by atoms with Crippen LogP contribution in [-0.4, -0.2) is 42.2 Å². The van der Waals surface area contributed by atoms with Crippen molar-refractivity contribution in [2.45, 2.75) is 59.9 Å². The van der Waals surface area contributed by atoms with Crippen LogP contribution in [0.1, 0.15) is 63.9 Å². The molecule has 192 valence electrons. The van der Waals surface area contributed by atoms with Gasteiger partial charge in [-0.1, -0.05) is 75.2 Å². The number of carbonyl (C=O) groups excluding carboxylic acids is 1. The van der Waals surface area contributed by atoms with Crippen LogP contribution in [0.4, 0.5) is 0 Å². The Morgan fingerprint density at radius 1 is 1.03 bits per heavy atom. The Kier molecular flexibility index (Phi) is 11.1. The van der Waals surface area contributed by atoms with Gasteiger partial charge in [0.25, 0.3) is 0 Å². The largest absolute Gasteiger partial charge is 0.461 e. The number of ether oxygens (including phenoxy) is 1. The predicted molar refractivity (Wildman–Crippen MR) is 151 cm³/mol. The molecule has 0 saturated heterocycles. The zero-order chi connectivity index (χ0) is 24.7. The van der Waals surface area contributed by atoms with Crippen LogP contribution in [0.15, 0.2) is 48.5 Å². The molecule has 3 rings (SSSR count). The molecule has 0 aliphatic rings. The summed E-state index contributed by atoms with van der Waals surface area (Å²) in [6.45, 7) is 12.0. The monoisotopic (exact) mass is 518 g/mol. The maximum absolute atomic E-state index is 13.2. The summed E-state index contributed by atoms with van der Waals surface area (Å²) in [5.41, 5.74) is 2.84. The average molecular weight is 520 g/mol. The van der Waals surface area contributed by atoms with Gasteiger partial charge in [-0.05, 0) is 69.4 Å². The summed E-state index contributed by atoms with van der Waals surface area (Å²) < 4.78 is 7.67. The highest BCUT2D eigenvalue weighted by molar-refractivity contribution is 6.31. The average Bonchev–Trinajstić information content (AvgIpc) is 3.14. The van der Waals surface area contributed by atoms with Crippen molar-refractivity contribution in [1.82, 2.24) is 9.47 Å². The van der Waals surface area contributed by atoms with E-state index in [1.807, 2.05) is 43.3 Å². The fraction of sp³-hybridized carbons (Fsp3) is 0.483. The number of unbranched alkanes of at least 4 members (excludes halogenated alkanes) is 1. The minimum absolute atomic E-state index is 0. The second-order valence-corrected chi connectivity index (χ2v) is 10.4.